The molecule has 0 saturated carbocycles. The maximum Gasteiger partial charge on any atom is 0.264 e. The fraction of sp³-hybridized carbons (Fsp3) is 0.318. The molecule has 0 fully saturated rings. The summed E-state index contributed by atoms with van der Waals surface area (Å²) in [5, 5.41) is 2.54. The summed E-state index contributed by atoms with van der Waals surface area (Å²) in [5.41, 5.74) is 0.298. The minimum Gasteiger partial charge on any atom is -0.493 e. The highest BCUT2D eigenvalue weighted by Crippen LogP contribution is 2.40. The summed E-state index contributed by atoms with van der Waals surface area (Å²) >= 11 is 6.23. The molecule has 0 saturated heterocycles. The lowest BCUT2D eigenvalue weighted by atomic mass is 10.1. The molecule has 33 heavy (non-hydrogen) atoms. The Morgan fingerprint density at radius 2 is 1.79 bits per heavy atom. The van der Waals surface area contributed by atoms with Crippen LogP contribution >= 0.6 is 11.6 Å². The van der Waals surface area contributed by atoms with Crippen LogP contribution in [0.2, 0.25) is 5.02 Å². The Hall–Kier alpha value is -3.11. The van der Waals surface area contributed by atoms with Crippen LogP contribution in [0.25, 0.3) is 0 Å². The Bertz CT molecular complexity index is 1240. The van der Waals surface area contributed by atoms with E-state index in [1.807, 2.05) is 0 Å². The van der Waals surface area contributed by atoms with Gasteiger partial charge in [-0.15, -0.1) is 0 Å². The number of carbonyl (C=O) groups excluding carboxylic acids is 3. The van der Waals surface area contributed by atoms with Crippen LogP contribution in [0.4, 0.5) is 5.69 Å². The van der Waals surface area contributed by atoms with Gasteiger partial charge in [0, 0.05) is 13.2 Å². The number of imide groups is 1. The van der Waals surface area contributed by atoms with Crippen LogP contribution in [-0.2, 0) is 14.6 Å². The molecular formula is C22H23ClN2O7S. The van der Waals surface area contributed by atoms with Crippen molar-refractivity contribution in [1.29, 1.82) is 0 Å². The highest BCUT2D eigenvalue weighted by molar-refractivity contribution is 7.90. The second kappa shape index (κ2) is 9.40. The number of hydrogen-bond donors (Lipinski definition) is 1. The standard InChI is InChI=1S/C22H23ClN2O7S/c1-5-32-18-10-13(6-9-17(18)31-3)16(11-33(4,29)30)25-21(27)19-14(23)7-8-15(24-12(2)26)20(19)22(25)28/h6-10,16H,5,11H2,1-4H3,(H,24,26). The van der Waals surface area contributed by atoms with E-state index >= 15 is 0 Å². The van der Waals surface area contributed by atoms with Crippen molar-refractivity contribution in [3.8, 4) is 11.5 Å². The van der Waals surface area contributed by atoms with Gasteiger partial charge in [0.2, 0.25) is 5.91 Å². The molecule has 0 aliphatic carbocycles. The van der Waals surface area contributed by atoms with E-state index in [0.717, 1.165) is 11.2 Å². The van der Waals surface area contributed by atoms with Crippen LogP contribution in [-0.4, -0.2) is 56.8 Å². The van der Waals surface area contributed by atoms with Crippen LogP contribution in [0.3, 0.4) is 0 Å². The first-order valence-corrected chi connectivity index (χ1v) is 12.4. The Labute approximate surface area is 196 Å². The van der Waals surface area contributed by atoms with Gasteiger partial charge in [0.15, 0.2) is 11.5 Å². The number of anilines is 1. The third kappa shape index (κ3) is 4.96. The van der Waals surface area contributed by atoms with Crippen molar-refractivity contribution in [2.24, 2.45) is 0 Å². The van der Waals surface area contributed by atoms with Crippen molar-refractivity contribution in [3.05, 3.63) is 52.0 Å². The fourth-order valence-electron chi connectivity index (χ4n) is 3.69. The monoisotopic (exact) mass is 494 g/mol. The number of amides is 3. The first kappa shape index (κ1) is 24.5. The largest absolute Gasteiger partial charge is 0.493 e. The predicted octanol–water partition coefficient (Wildman–Crippen LogP) is 3.09. The summed E-state index contributed by atoms with van der Waals surface area (Å²) in [6, 6.07) is 6.33. The van der Waals surface area contributed by atoms with Crippen molar-refractivity contribution < 1.29 is 32.3 Å². The molecule has 2 aromatic rings. The molecule has 11 heteroatoms. The zero-order valence-corrected chi connectivity index (χ0v) is 20.0. The average Bonchev–Trinajstić information content (AvgIpc) is 2.99. The van der Waals surface area contributed by atoms with Gasteiger partial charge in [-0.1, -0.05) is 17.7 Å². The third-order valence-electron chi connectivity index (χ3n) is 4.98. The maximum atomic E-state index is 13.4. The molecule has 3 rings (SSSR count). The number of benzene rings is 2. The minimum absolute atomic E-state index is 0.0165. The summed E-state index contributed by atoms with van der Waals surface area (Å²) in [7, 11) is -2.18. The normalized spacial score (nSPS) is 14.2. The van der Waals surface area contributed by atoms with E-state index < -0.39 is 39.4 Å². The quantitative estimate of drug-likeness (QED) is 0.560. The summed E-state index contributed by atoms with van der Waals surface area (Å²) in [5.74, 6) is -1.73. The molecule has 176 valence electrons. The van der Waals surface area contributed by atoms with Gasteiger partial charge in [0.25, 0.3) is 11.8 Å². The van der Waals surface area contributed by atoms with Crippen molar-refractivity contribution in [3.63, 3.8) is 0 Å². The number of sulfone groups is 1. The molecular weight excluding hydrogens is 472 g/mol. The van der Waals surface area contributed by atoms with Gasteiger partial charge in [-0.25, -0.2) is 8.42 Å². The molecule has 0 aromatic heterocycles. The average molecular weight is 495 g/mol. The van der Waals surface area contributed by atoms with Crippen molar-refractivity contribution in [2.75, 3.05) is 31.0 Å². The van der Waals surface area contributed by atoms with E-state index in [-0.39, 0.29) is 21.8 Å². The van der Waals surface area contributed by atoms with Crippen LogP contribution in [0.15, 0.2) is 30.3 Å². The zero-order chi connectivity index (χ0) is 24.5. The molecule has 1 aliphatic rings. The molecule has 1 N–H and O–H groups in total. The number of nitrogens with one attached hydrogen (secondary N) is 1. The van der Waals surface area contributed by atoms with E-state index in [1.165, 1.54) is 32.2 Å². The van der Waals surface area contributed by atoms with Crippen LogP contribution < -0.4 is 14.8 Å². The van der Waals surface area contributed by atoms with E-state index in [2.05, 4.69) is 5.32 Å². The highest BCUT2D eigenvalue weighted by Gasteiger charge is 2.44. The number of hydrogen-bond acceptors (Lipinski definition) is 7. The van der Waals surface area contributed by atoms with E-state index in [1.54, 1.807) is 19.1 Å². The number of ether oxygens (including phenoxy) is 2. The van der Waals surface area contributed by atoms with Gasteiger partial charge in [-0.05, 0) is 36.8 Å². The van der Waals surface area contributed by atoms with Crippen molar-refractivity contribution in [2.45, 2.75) is 19.9 Å². The number of halogens is 1. The van der Waals surface area contributed by atoms with E-state index in [4.69, 9.17) is 21.1 Å². The first-order chi connectivity index (χ1) is 15.5. The lowest BCUT2D eigenvalue weighted by Crippen LogP contribution is -2.37. The van der Waals surface area contributed by atoms with Crippen LogP contribution in [0.1, 0.15) is 46.2 Å². The van der Waals surface area contributed by atoms with E-state index in [9.17, 15) is 22.8 Å². The van der Waals surface area contributed by atoms with Gasteiger partial charge < -0.3 is 14.8 Å². The van der Waals surface area contributed by atoms with E-state index in [0.29, 0.717) is 23.7 Å². The Balaban J connectivity index is 2.17. The molecule has 0 radical (unpaired) electrons. The van der Waals surface area contributed by atoms with Gasteiger partial charge >= 0.3 is 0 Å². The smallest absolute Gasteiger partial charge is 0.264 e. The molecule has 1 unspecified atom stereocenters. The molecule has 1 aliphatic heterocycles. The third-order valence-corrected chi connectivity index (χ3v) is 6.21. The Morgan fingerprint density at radius 1 is 1.12 bits per heavy atom. The lowest BCUT2D eigenvalue weighted by Gasteiger charge is -2.27. The fourth-order valence-corrected chi connectivity index (χ4v) is 4.85. The number of methoxy groups -OCH3 is 1. The molecule has 0 spiro atoms. The highest BCUT2D eigenvalue weighted by atomic mass is 35.5. The molecule has 1 heterocycles. The Morgan fingerprint density at radius 3 is 2.36 bits per heavy atom. The first-order valence-electron chi connectivity index (χ1n) is 9.94. The topological polar surface area (TPSA) is 119 Å². The molecule has 0 bridgehead atoms. The summed E-state index contributed by atoms with van der Waals surface area (Å²) in [6.45, 7) is 3.36. The number of carbonyl (C=O) groups is 3. The molecule has 9 nitrogen and oxygen atoms in total. The predicted molar refractivity (Wildman–Crippen MR) is 123 cm³/mol. The molecule has 3 amide bonds. The Kier molecular flexibility index (Phi) is 6.99. The lowest BCUT2D eigenvalue weighted by molar-refractivity contribution is -0.114. The van der Waals surface area contributed by atoms with Crippen LogP contribution in [0.5, 0.6) is 11.5 Å². The zero-order valence-electron chi connectivity index (χ0n) is 18.5. The minimum atomic E-state index is -3.64. The van der Waals surface area contributed by atoms with Gasteiger partial charge in [0.1, 0.15) is 9.84 Å². The second-order valence-electron chi connectivity index (χ2n) is 7.46. The van der Waals surface area contributed by atoms with Gasteiger partial charge in [-0.3, -0.25) is 19.3 Å². The van der Waals surface area contributed by atoms with Crippen molar-refractivity contribution in [1.82, 2.24) is 4.90 Å². The maximum absolute atomic E-state index is 13.4. The van der Waals surface area contributed by atoms with Gasteiger partial charge in [0.05, 0.1) is 47.3 Å². The second-order valence-corrected chi connectivity index (χ2v) is 10.1. The number of nitrogens with zero attached hydrogens (tertiary/aromatic N) is 1. The summed E-state index contributed by atoms with van der Waals surface area (Å²) in [4.78, 5) is 39.3. The molecule has 2 aromatic carbocycles. The summed E-state index contributed by atoms with van der Waals surface area (Å²) in [6.07, 6.45) is 1.01. The number of rotatable bonds is 8. The van der Waals surface area contributed by atoms with Crippen LogP contribution in [0, 0.1) is 0 Å². The number of fused-ring (bicyclic) bond motifs is 1. The summed E-state index contributed by atoms with van der Waals surface area (Å²) < 4.78 is 35.4. The van der Waals surface area contributed by atoms with Crippen molar-refractivity contribution >= 4 is 44.8 Å². The van der Waals surface area contributed by atoms with Gasteiger partial charge in [-0.2, -0.15) is 0 Å². The molecule has 1 atom stereocenters. The SMILES string of the molecule is CCOc1cc(C(CS(C)(=O)=O)N2C(=O)c3c(Cl)ccc(NC(C)=O)c3C2=O)ccc1OC.